The van der Waals surface area contributed by atoms with E-state index < -0.39 is 0 Å². The molecule has 4 nitrogen and oxygen atoms in total. The first-order valence-electron chi connectivity index (χ1n) is 6.97. The average Bonchev–Trinajstić information content (AvgIpc) is 2.90. The van der Waals surface area contributed by atoms with E-state index in [1.165, 1.54) is 17.2 Å². The number of para-hydroxylation sites is 1. The largest absolute Gasteiger partial charge is 0.486 e. The minimum atomic E-state index is -0.0847. The number of anilines is 1. The third kappa shape index (κ3) is 3.26. The van der Waals surface area contributed by atoms with Gasteiger partial charge >= 0.3 is 0 Å². The van der Waals surface area contributed by atoms with Crippen LogP contribution in [-0.2, 0) is 11.4 Å². The van der Waals surface area contributed by atoms with Gasteiger partial charge in [0.1, 0.15) is 17.4 Å². The van der Waals surface area contributed by atoms with Crippen LogP contribution in [0, 0.1) is 6.92 Å². The number of benzene rings is 2. The van der Waals surface area contributed by atoms with Gasteiger partial charge in [-0.3, -0.25) is 4.79 Å². The van der Waals surface area contributed by atoms with Crippen molar-refractivity contribution in [1.29, 1.82) is 0 Å². The van der Waals surface area contributed by atoms with E-state index in [2.05, 4.69) is 29.4 Å². The smallest absolute Gasteiger partial charge is 0.221 e. The Balaban J connectivity index is 1.68. The molecule has 1 aromatic heterocycles. The first kappa shape index (κ1) is 14.5. The maximum atomic E-state index is 11.0. The predicted octanol–water partition coefficient (Wildman–Crippen LogP) is 4.14. The molecule has 0 bridgehead atoms. The Kier molecular flexibility index (Phi) is 4.06. The van der Waals surface area contributed by atoms with Crippen LogP contribution >= 0.6 is 11.3 Å². The minimum absolute atomic E-state index is 0.0847. The van der Waals surface area contributed by atoms with Crippen LogP contribution in [0.3, 0.4) is 0 Å². The van der Waals surface area contributed by atoms with Gasteiger partial charge in [0.2, 0.25) is 5.91 Å². The molecular weight excluding hydrogens is 296 g/mol. The molecule has 0 aliphatic heterocycles. The number of fused-ring (bicyclic) bond motifs is 1. The second-order valence-corrected chi connectivity index (χ2v) is 6.14. The van der Waals surface area contributed by atoms with E-state index in [1.807, 2.05) is 30.3 Å². The van der Waals surface area contributed by atoms with E-state index in [0.717, 1.165) is 22.0 Å². The molecule has 2 aromatic carbocycles. The van der Waals surface area contributed by atoms with Crippen LogP contribution in [0.15, 0.2) is 42.5 Å². The summed E-state index contributed by atoms with van der Waals surface area (Å²) >= 11 is 1.65. The predicted molar refractivity (Wildman–Crippen MR) is 89.4 cm³/mol. The minimum Gasteiger partial charge on any atom is -0.486 e. The number of ether oxygens (including phenoxy) is 1. The van der Waals surface area contributed by atoms with E-state index in [-0.39, 0.29) is 5.91 Å². The van der Waals surface area contributed by atoms with Crippen LogP contribution < -0.4 is 10.1 Å². The SMILES string of the molecule is CC(=O)Nc1ccc(OCc2nc3c(C)cccc3s2)cc1. The third-order valence-corrected chi connectivity index (χ3v) is 4.20. The van der Waals surface area contributed by atoms with E-state index in [0.29, 0.717) is 6.61 Å². The van der Waals surface area contributed by atoms with E-state index in [1.54, 1.807) is 11.3 Å². The van der Waals surface area contributed by atoms with Crippen molar-refractivity contribution in [3.8, 4) is 5.75 Å². The lowest BCUT2D eigenvalue weighted by Crippen LogP contribution is -2.05. The molecule has 112 valence electrons. The number of aryl methyl sites for hydroxylation is 1. The van der Waals surface area contributed by atoms with Gasteiger partial charge in [-0.15, -0.1) is 11.3 Å². The molecule has 3 rings (SSSR count). The lowest BCUT2D eigenvalue weighted by Gasteiger charge is -2.06. The second-order valence-electron chi connectivity index (χ2n) is 5.02. The van der Waals surface area contributed by atoms with E-state index in [4.69, 9.17) is 4.74 Å². The van der Waals surface area contributed by atoms with Gasteiger partial charge < -0.3 is 10.1 Å². The summed E-state index contributed by atoms with van der Waals surface area (Å²) < 4.78 is 6.94. The first-order valence-corrected chi connectivity index (χ1v) is 7.79. The van der Waals surface area contributed by atoms with Gasteiger partial charge in [0, 0.05) is 12.6 Å². The molecule has 1 heterocycles. The quantitative estimate of drug-likeness (QED) is 0.787. The Hall–Kier alpha value is -2.40. The molecule has 1 amide bonds. The number of hydrogen-bond acceptors (Lipinski definition) is 4. The lowest BCUT2D eigenvalue weighted by atomic mass is 10.2. The van der Waals surface area contributed by atoms with Crippen LogP contribution in [0.25, 0.3) is 10.2 Å². The summed E-state index contributed by atoms with van der Waals surface area (Å²) in [5.41, 5.74) is 2.99. The maximum Gasteiger partial charge on any atom is 0.221 e. The standard InChI is InChI=1S/C17H16N2O2S/c1-11-4-3-5-15-17(11)19-16(22-15)10-21-14-8-6-13(7-9-14)18-12(2)20/h3-9H,10H2,1-2H3,(H,18,20). The highest BCUT2D eigenvalue weighted by Crippen LogP contribution is 2.25. The number of nitrogens with one attached hydrogen (secondary N) is 1. The number of carbonyl (C=O) groups excluding carboxylic acids is 1. The summed E-state index contributed by atoms with van der Waals surface area (Å²) in [6.07, 6.45) is 0. The van der Waals surface area contributed by atoms with Gasteiger partial charge in [-0.1, -0.05) is 12.1 Å². The van der Waals surface area contributed by atoms with Crippen molar-refractivity contribution in [2.24, 2.45) is 0 Å². The Bertz CT molecular complexity index is 809. The fourth-order valence-electron chi connectivity index (χ4n) is 2.18. The summed E-state index contributed by atoms with van der Waals surface area (Å²) in [7, 11) is 0. The maximum absolute atomic E-state index is 11.0. The van der Waals surface area contributed by atoms with Crippen molar-refractivity contribution in [1.82, 2.24) is 4.98 Å². The van der Waals surface area contributed by atoms with Gasteiger partial charge in [-0.05, 0) is 42.8 Å². The fraction of sp³-hybridized carbons (Fsp3) is 0.176. The molecule has 0 unspecified atom stereocenters. The highest BCUT2D eigenvalue weighted by molar-refractivity contribution is 7.18. The topological polar surface area (TPSA) is 51.2 Å². The molecule has 0 fully saturated rings. The first-order chi connectivity index (χ1) is 10.6. The number of amides is 1. The molecule has 0 saturated carbocycles. The summed E-state index contributed by atoms with van der Waals surface area (Å²) in [6.45, 7) is 3.99. The van der Waals surface area contributed by atoms with Crippen LogP contribution in [-0.4, -0.2) is 10.9 Å². The molecule has 0 saturated heterocycles. The van der Waals surface area contributed by atoms with E-state index >= 15 is 0 Å². The van der Waals surface area contributed by atoms with Crippen molar-refractivity contribution < 1.29 is 9.53 Å². The van der Waals surface area contributed by atoms with Crippen molar-refractivity contribution in [2.45, 2.75) is 20.5 Å². The van der Waals surface area contributed by atoms with E-state index in [9.17, 15) is 4.79 Å². The summed E-state index contributed by atoms with van der Waals surface area (Å²) in [4.78, 5) is 15.6. The van der Waals surface area contributed by atoms with Crippen molar-refractivity contribution in [2.75, 3.05) is 5.32 Å². The van der Waals surface area contributed by atoms with Gasteiger partial charge in [-0.2, -0.15) is 0 Å². The highest BCUT2D eigenvalue weighted by Gasteiger charge is 2.06. The summed E-state index contributed by atoms with van der Waals surface area (Å²) in [5, 5.41) is 3.68. The zero-order chi connectivity index (χ0) is 15.5. The number of thiazole rings is 1. The van der Waals surface area contributed by atoms with Crippen LogP contribution in [0.4, 0.5) is 5.69 Å². The highest BCUT2D eigenvalue weighted by atomic mass is 32.1. The summed E-state index contributed by atoms with van der Waals surface area (Å²) in [5.74, 6) is 0.670. The molecular formula is C17H16N2O2S. The molecule has 0 atom stereocenters. The monoisotopic (exact) mass is 312 g/mol. The average molecular weight is 312 g/mol. The number of nitrogens with zero attached hydrogens (tertiary/aromatic N) is 1. The number of hydrogen-bond donors (Lipinski definition) is 1. The normalized spacial score (nSPS) is 10.6. The third-order valence-electron chi connectivity index (χ3n) is 3.20. The molecule has 5 heteroatoms. The molecule has 3 aromatic rings. The van der Waals surface area contributed by atoms with Gasteiger partial charge in [0.05, 0.1) is 10.2 Å². The number of rotatable bonds is 4. The van der Waals surface area contributed by atoms with Crippen LogP contribution in [0.1, 0.15) is 17.5 Å². The Morgan fingerprint density at radius 2 is 2.00 bits per heavy atom. The van der Waals surface area contributed by atoms with Crippen LogP contribution in [0.2, 0.25) is 0 Å². The van der Waals surface area contributed by atoms with Gasteiger partial charge in [0.15, 0.2) is 0 Å². The van der Waals surface area contributed by atoms with Crippen molar-refractivity contribution in [3.05, 3.63) is 53.0 Å². The molecule has 0 aliphatic rings. The second kappa shape index (κ2) is 6.15. The molecule has 22 heavy (non-hydrogen) atoms. The zero-order valence-electron chi connectivity index (χ0n) is 12.4. The molecule has 0 radical (unpaired) electrons. The van der Waals surface area contributed by atoms with Gasteiger partial charge in [0.25, 0.3) is 0 Å². The molecule has 0 aliphatic carbocycles. The Labute approximate surface area is 132 Å². The van der Waals surface area contributed by atoms with Crippen molar-refractivity contribution >= 4 is 33.1 Å². The fourth-order valence-corrected chi connectivity index (χ4v) is 3.14. The number of aromatic nitrogens is 1. The van der Waals surface area contributed by atoms with Gasteiger partial charge in [-0.25, -0.2) is 4.98 Å². The lowest BCUT2D eigenvalue weighted by molar-refractivity contribution is -0.114. The Morgan fingerprint density at radius 3 is 2.68 bits per heavy atom. The molecule has 1 N–H and O–H groups in total. The molecule has 0 spiro atoms. The summed E-state index contributed by atoms with van der Waals surface area (Å²) in [6, 6.07) is 13.5. The Morgan fingerprint density at radius 1 is 1.23 bits per heavy atom. The zero-order valence-corrected chi connectivity index (χ0v) is 13.2. The van der Waals surface area contributed by atoms with Crippen LogP contribution in [0.5, 0.6) is 5.75 Å². The number of carbonyl (C=O) groups is 1. The van der Waals surface area contributed by atoms with Crippen molar-refractivity contribution in [3.63, 3.8) is 0 Å².